The lowest BCUT2D eigenvalue weighted by Gasteiger charge is -2.11. The number of carbonyl (C=O) groups is 1. The van der Waals surface area contributed by atoms with Gasteiger partial charge in [-0.15, -0.1) is 0 Å². The number of hydrogen-bond acceptors (Lipinski definition) is 7. The van der Waals surface area contributed by atoms with Gasteiger partial charge < -0.3 is 20.6 Å². The minimum absolute atomic E-state index is 0.0176. The molecule has 0 saturated heterocycles. The fourth-order valence-corrected chi connectivity index (χ4v) is 2.93. The van der Waals surface area contributed by atoms with E-state index in [2.05, 4.69) is 30.4 Å². The van der Waals surface area contributed by atoms with Crippen molar-refractivity contribution in [2.75, 3.05) is 5.73 Å². The lowest BCUT2D eigenvalue weighted by atomic mass is 10.2. The summed E-state index contributed by atoms with van der Waals surface area (Å²) in [5.74, 6) is 0.316. The Morgan fingerprint density at radius 2 is 2.21 bits per heavy atom. The summed E-state index contributed by atoms with van der Waals surface area (Å²) < 4.78 is 18.2. The molecule has 3 aromatic heterocycles. The number of nitrogens with one attached hydrogen (secondary N) is 2. The Morgan fingerprint density at radius 1 is 1.38 bits per heavy atom. The molecule has 4 rings (SSSR count). The number of nitrogens with zero attached hydrogens (tertiary/aromatic N) is 4. The molecule has 3 heterocycles. The molecule has 11 heteroatoms. The van der Waals surface area contributed by atoms with E-state index in [1.165, 1.54) is 0 Å². The van der Waals surface area contributed by atoms with Crippen molar-refractivity contribution in [2.45, 2.75) is 19.6 Å². The Balaban J connectivity index is 1.54. The number of halogens is 2. The Labute approximate surface area is 168 Å². The molecule has 0 bridgehead atoms. The fourth-order valence-electron chi connectivity index (χ4n) is 2.74. The summed E-state index contributed by atoms with van der Waals surface area (Å²) in [7, 11) is 0. The topological polar surface area (TPSA) is 136 Å². The maximum Gasteiger partial charge on any atom is 0.272 e. The van der Waals surface area contributed by atoms with Crippen LogP contribution in [0.15, 0.2) is 35.1 Å². The zero-order valence-corrected chi connectivity index (χ0v) is 15.9. The highest BCUT2D eigenvalue weighted by molar-refractivity contribution is 6.35. The third-order valence-corrected chi connectivity index (χ3v) is 4.66. The van der Waals surface area contributed by atoms with Gasteiger partial charge >= 0.3 is 0 Å². The number of nitrogens with two attached hydrogens (primary N) is 1. The molecule has 1 amide bonds. The molecule has 148 valence electrons. The number of benzene rings is 1. The summed E-state index contributed by atoms with van der Waals surface area (Å²) in [5, 5.41) is 6.69. The van der Waals surface area contributed by atoms with E-state index in [4.69, 9.17) is 21.9 Å². The van der Waals surface area contributed by atoms with E-state index < -0.39 is 18.6 Å². The van der Waals surface area contributed by atoms with Gasteiger partial charge in [-0.1, -0.05) is 22.8 Å². The van der Waals surface area contributed by atoms with Crippen LogP contribution in [0.2, 0.25) is 5.02 Å². The largest absolute Gasteiger partial charge is 0.382 e. The van der Waals surface area contributed by atoms with Crippen LogP contribution in [0.4, 0.5) is 10.2 Å². The van der Waals surface area contributed by atoms with Crippen LogP contribution in [0.5, 0.6) is 0 Å². The van der Waals surface area contributed by atoms with Gasteiger partial charge in [-0.25, -0.2) is 19.3 Å². The Hall–Kier alpha value is -3.53. The van der Waals surface area contributed by atoms with E-state index in [0.29, 0.717) is 33.9 Å². The third-order valence-electron chi connectivity index (χ3n) is 4.29. The minimum Gasteiger partial charge on any atom is -0.382 e. The van der Waals surface area contributed by atoms with Crippen LogP contribution >= 0.6 is 11.6 Å². The minimum atomic E-state index is -0.560. The maximum absolute atomic E-state index is 12.8. The molecule has 0 spiro atoms. The van der Waals surface area contributed by atoms with Gasteiger partial charge in [0.15, 0.2) is 11.5 Å². The van der Waals surface area contributed by atoms with Crippen LogP contribution in [-0.4, -0.2) is 31.0 Å². The zero-order valence-electron chi connectivity index (χ0n) is 15.1. The highest BCUT2D eigenvalue weighted by Gasteiger charge is 2.21. The molecule has 9 nitrogen and oxygen atoms in total. The summed E-state index contributed by atoms with van der Waals surface area (Å²) in [5.41, 5.74) is 7.94. The molecule has 0 aliphatic rings. The number of fused-ring (bicyclic) bond motifs is 1. The maximum atomic E-state index is 12.8. The van der Waals surface area contributed by atoms with Gasteiger partial charge in [0.2, 0.25) is 5.76 Å². The third kappa shape index (κ3) is 3.61. The lowest BCUT2D eigenvalue weighted by Crippen LogP contribution is -2.28. The summed E-state index contributed by atoms with van der Waals surface area (Å²) in [6.45, 7) is 1.17. The summed E-state index contributed by atoms with van der Waals surface area (Å²) >= 11 is 5.98. The second-order valence-corrected chi connectivity index (χ2v) is 6.68. The van der Waals surface area contributed by atoms with E-state index in [1.807, 2.05) is 0 Å². The molecule has 0 saturated carbocycles. The molecule has 0 aliphatic heterocycles. The number of carbonyl (C=O) groups excluding carboxylic acids is 1. The number of anilines is 1. The van der Waals surface area contributed by atoms with Gasteiger partial charge in [0, 0.05) is 6.07 Å². The first-order valence-electron chi connectivity index (χ1n) is 8.54. The van der Waals surface area contributed by atoms with Crippen molar-refractivity contribution in [3.8, 4) is 11.6 Å². The Kier molecular flexibility index (Phi) is 4.85. The SMILES string of the molecule is C[C@H](NC(=O)c1ncnc(N)c1Cl)c1cc(-c2nc3ccc(CF)cc3[nH]2)on1. The van der Waals surface area contributed by atoms with Crippen LogP contribution in [-0.2, 0) is 6.67 Å². The number of aromatic nitrogens is 5. The predicted molar refractivity (Wildman–Crippen MR) is 104 cm³/mol. The highest BCUT2D eigenvalue weighted by atomic mass is 35.5. The second kappa shape index (κ2) is 7.47. The van der Waals surface area contributed by atoms with Crippen molar-refractivity contribution in [1.29, 1.82) is 0 Å². The van der Waals surface area contributed by atoms with Crippen molar-refractivity contribution in [3.05, 3.63) is 52.6 Å². The van der Waals surface area contributed by atoms with Crippen LogP contribution < -0.4 is 11.1 Å². The number of amides is 1. The number of imidazole rings is 1. The summed E-state index contributed by atoms with van der Waals surface area (Å²) in [6.07, 6.45) is 1.16. The van der Waals surface area contributed by atoms with E-state index >= 15 is 0 Å². The molecule has 0 radical (unpaired) electrons. The average Bonchev–Trinajstić information content (AvgIpc) is 3.36. The van der Waals surface area contributed by atoms with Gasteiger partial charge in [-0.3, -0.25) is 4.79 Å². The van der Waals surface area contributed by atoms with Crippen LogP contribution in [0.3, 0.4) is 0 Å². The normalized spacial score (nSPS) is 12.2. The van der Waals surface area contributed by atoms with Crippen molar-refractivity contribution in [2.24, 2.45) is 0 Å². The lowest BCUT2D eigenvalue weighted by molar-refractivity contribution is 0.0933. The van der Waals surface area contributed by atoms with Gasteiger partial charge in [-0.05, 0) is 24.6 Å². The molecule has 1 atom stereocenters. The number of hydrogen-bond donors (Lipinski definition) is 3. The van der Waals surface area contributed by atoms with Gasteiger partial charge in [0.25, 0.3) is 5.91 Å². The van der Waals surface area contributed by atoms with Crippen LogP contribution in [0.25, 0.3) is 22.6 Å². The number of aromatic amines is 1. The quantitative estimate of drug-likeness (QED) is 0.455. The van der Waals surface area contributed by atoms with Crippen LogP contribution in [0.1, 0.15) is 34.7 Å². The van der Waals surface area contributed by atoms with Crippen molar-refractivity contribution in [3.63, 3.8) is 0 Å². The monoisotopic (exact) mass is 415 g/mol. The predicted octanol–water partition coefficient (Wildman–Crippen LogP) is 3.20. The van der Waals surface area contributed by atoms with Gasteiger partial charge in [0.05, 0.1) is 17.1 Å². The number of H-pyrrole nitrogens is 1. The smallest absolute Gasteiger partial charge is 0.272 e. The molecular weight excluding hydrogens is 401 g/mol. The first-order valence-corrected chi connectivity index (χ1v) is 8.92. The molecule has 29 heavy (non-hydrogen) atoms. The van der Waals surface area contributed by atoms with Gasteiger partial charge in [-0.2, -0.15) is 0 Å². The van der Waals surface area contributed by atoms with Crippen molar-refractivity contribution >= 4 is 34.4 Å². The van der Waals surface area contributed by atoms with Crippen molar-refractivity contribution in [1.82, 2.24) is 30.4 Å². The molecule has 0 unspecified atom stereocenters. The van der Waals surface area contributed by atoms with E-state index in [0.717, 1.165) is 6.33 Å². The molecule has 0 fully saturated rings. The molecule has 4 aromatic rings. The first kappa shape index (κ1) is 18.8. The van der Waals surface area contributed by atoms with E-state index in [-0.39, 0.29) is 16.5 Å². The average molecular weight is 416 g/mol. The number of alkyl halides is 1. The number of rotatable bonds is 5. The van der Waals surface area contributed by atoms with E-state index in [1.54, 1.807) is 31.2 Å². The standard InChI is InChI=1S/C18H15ClFN7O2/c1-8(24-18(28)15-14(19)16(21)23-7-22-15)11-5-13(29-27-11)17-25-10-3-2-9(6-20)4-12(10)26-17/h2-5,7-8H,6H2,1H3,(H,24,28)(H,25,26)(H2,21,22,23)/t8-/m0/s1. The van der Waals surface area contributed by atoms with Crippen molar-refractivity contribution < 1.29 is 13.7 Å². The molecule has 4 N–H and O–H groups in total. The number of nitrogen functional groups attached to an aromatic ring is 1. The molecular formula is C18H15ClFN7O2. The van der Waals surface area contributed by atoms with Gasteiger partial charge in [0.1, 0.15) is 29.5 Å². The Morgan fingerprint density at radius 3 is 3.00 bits per heavy atom. The summed E-state index contributed by atoms with van der Waals surface area (Å²) in [6, 6.07) is 6.22. The molecule has 1 aromatic carbocycles. The molecule has 0 aliphatic carbocycles. The second-order valence-electron chi connectivity index (χ2n) is 6.30. The zero-order chi connectivity index (χ0) is 20.5. The van der Waals surface area contributed by atoms with Crippen LogP contribution in [0, 0.1) is 0 Å². The first-order chi connectivity index (χ1) is 14.0. The van der Waals surface area contributed by atoms with E-state index in [9.17, 15) is 9.18 Å². The fraction of sp³-hybridized carbons (Fsp3) is 0.167. The Bertz CT molecular complexity index is 1210. The summed E-state index contributed by atoms with van der Waals surface area (Å²) in [4.78, 5) is 27.5. The highest BCUT2D eigenvalue weighted by Crippen LogP contribution is 2.25.